The molecule has 174 valence electrons. The zero-order chi connectivity index (χ0) is 24.2. The minimum Gasteiger partial charge on any atom is -0.491 e. The number of halogens is 1. The van der Waals surface area contributed by atoms with Gasteiger partial charge in [-0.25, -0.2) is 8.42 Å². The van der Waals surface area contributed by atoms with Gasteiger partial charge in [-0.05, 0) is 80.3 Å². The number of ether oxygens (including phenoxy) is 1. The van der Waals surface area contributed by atoms with E-state index in [4.69, 9.17) is 16.3 Å². The van der Waals surface area contributed by atoms with E-state index in [2.05, 4.69) is 10.0 Å². The molecule has 6 nitrogen and oxygen atoms in total. The number of amides is 1. The third-order valence-corrected chi connectivity index (χ3v) is 7.38. The lowest BCUT2D eigenvalue weighted by molar-refractivity contribution is 0.0946. The lowest BCUT2D eigenvalue weighted by Crippen LogP contribution is -2.28. The van der Waals surface area contributed by atoms with E-state index in [-0.39, 0.29) is 28.6 Å². The first kappa shape index (κ1) is 24.6. The number of hydrogen-bond donors (Lipinski definition) is 2. The van der Waals surface area contributed by atoms with Crippen molar-refractivity contribution in [3.05, 3.63) is 87.4 Å². The average Bonchev–Trinajstić information content (AvgIpc) is 2.77. The molecule has 0 saturated carbocycles. The molecular weight excluding hydrogens is 460 g/mol. The van der Waals surface area contributed by atoms with Crippen molar-refractivity contribution >= 4 is 33.2 Å². The normalized spacial score (nSPS) is 11.2. The number of aryl methyl sites for hydroxylation is 2. The molecule has 0 fully saturated rings. The molecule has 0 unspecified atom stereocenters. The second kappa shape index (κ2) is 10.3. The molecule has 0 aliphatic carbocycles. The average molecular weight is 487 g/mol. The van der Waals surface area contributed by atoms with Crippen LogP contribution in [-0.2, 0) is 10.0 Å². The van der Waals surface area contributed by atoms with Crippen LogP contribution < -0.4 is 14.8 Å². The highest BCUT2D eigenvalue weighted by atomic mass is 35.5. The third-order valence-electron chi connectivity index (χ3n) is 5.53. The summed E-state index contributed by atoms with van der Waals surface area (Å²) in [7, 11) is -4.00. The van der Waals surface area contributed by atoms with Gasteiger partial charge in [-0.15, -0.1) is 0 Å². The number of carbonyl (C=O) groups excluding carboxylic acids is 1. The number of carbonyl (C=O) groups is 1. The molecular formula is C25H27ClN2O4S. The molecule has 33 heavy (non-hydrogen) atoms. The highest BCUT2D eigenvalue weighted by Gasteiger charge is 2.21. The van der Waals surface area contributed by atoms with Crippen molar-refractivity contribution in [1.29, 1.82) is 0 Å². The molecule has 3 aromatic rings. The summed E-state index contributed by atoms with van der Waals surface area (Å²) in [5.41, 5.74) is 4.60. The summed E-state index contributed by atoms with van der Waals surface area (Å²) in [6.45, 7) is 8.26. The summed E-state index contributed by atoms with van der Waals surface area (Å²) in [6.07, 6.45) is 0. The maximum atomic E-state index is 13.0. The smallest absolute Gasteiger partial charge is 0.263 e. The molecule has 1 amide bonds. The predicted octanol–water partition coefficient (Wildman–Crippen LogP) is 5.18. The van der Waals surface area contributed by atoms with E-state index in [0.29, 0.717) is 5.69 Å². The molecule has 0 aliphatic heterocycles. The van der Waals surface area contributed by atoms with Gasteiger partial charge in [0.15, 0.2) is 0 Å². The van der Waals surface area contributed by atoms with Crippen molar-refractivity contribution in [2.24, 2.45) is 0 Å². The van der Waals surface area contributed by atoms with Crippen LogP contribution in [0, 0.1) is 27.7 Å². The van der Waals surface area contributed by atoms with Gasteiger partial charge in [0.05, 0.1) is 17.3 Å². The fraction of sp³-hybridized carbons (Fsp3) is 0.240. The van der Waals surface area contributed by atoms with Gasteiger partial charge in [0, 0.05) is 5.56 Å². The van der Waals surface area contributed by atoms with Gasteiger partial charge in [0.2, 0.25) is 0 Å². The van der Waals surface area contributed by atoms with Crippen molar-refractivity contribution < 1.29 is 17.9 Å². The topological polar surface area (TPSA) is 84.5 Å². The van der Waals surface area contributed by atoms with E-state index in [1.54, 1.807) is 12.1 Å². The standard InChI is InChI=1S/C25H27ClN2O4S/c1-16-7-5-9-22(18(16)3)28-33(30,31)24-15-20(11-12-21(24)26)25(29)27-13-14-32-23-10-6-8-17(2)19(23)4/h5-12,15,28H,13-14H2,1-4H3,(H,27,29). The van der Waals surface area contributed by atoms with Gasteiger partial charge < -0.3 is 10.1 Å². The van der Waals surface area contributed by atoms with Crippen LogP contribution in [0.2, 0.25) is 5.02 Å². The molecule has 8 heteroatoms. The van der Waals surface area contributed by atoms with E-state index in [0.717, 1.165) is 28.0 Å². The molecule has 0 saturated heterocycles. The van der Waals surface area contributed by atoms with Crippen LogP contribution in [0.1, 0.15) is 32.6 Å². The Morgan fingerprint density at radius 3 is 2.33 bits per heavy atom. The molecule has 3 aromatic carbocycles. The lowest BCUT2D eigenvalue weighted by atomic mass is 10.1. The summed E-state index contributed by atoms with van der Waals surface area (Å²) in [4.78, 5) is 12.4. The first-order valence-corrected chi connectivity index (χ1v) is 12.3. The molecule has 0 aromatic heterocycles. The number of nitrogens with one attached hydrogen (secondary N) is 2. The Labute approximate surface area is 200 Å². The molecule has 0 atom stereocenters. The summed E-state index contributed by atoms with van der Waals surface area (Å²) in [5.74, 6) is 0.348. The largest absolute Gasteiger partial charge is 0.491 e. The van der Waals surface area contributed by atoms with Crippen LogP contribution in [0.4, 0.5) is 5.69 Å². The zero-order valence-electron chi connectivity index (χ0n) is 19.0. The highest BCUT2D eigenvalue weighted by molar-refractivity contribution is 7.92. The number of benzene rings is 3. The summed E-state index contributed by atoms with van der Waals surface area (Å²) in [5, 5.41) is 2.78. The summed E-state index contributed by atoms with van der Waals surface area (Å²) < 4.78 is 34.3. The fourth-order valence-corrected chi connectivity index (χ4v) is 4.87. The van der Waals surface area contributed by atoms with Crippen molar-refractivity contribution in [2.75, 3.05) is 17.9 Å². The molecule has 0 spiro atoms. The molecule has 0 heterocycles. The predicted molar refractivity (Wildman–Crippen MR) is 132 cm³/mol. The van der Waals surface area contributed by atoms with Crippen LogP contribution in [0.3, 0.4) is 0 Å². The number of rotatable bonds is 8. The van der Waals surface area contributed by atoms with Gasteiger partial charge in [0.25, 0.3) is 15.9 Å². The first-order chi connectivity index (χ1) is 15.6. The van der Waals surface area contributed by atoms with Crippen molar-refractivity contribution in [1.82, 2.24) is 5.32 Å². The van der Waals surface area contributed by atoms with Crippen LogP contribution in [0.25, 0.3) is 0 Å². The molecule has 2 N–H and O–H groups in total. The fourth-order valence-electron chi connectivity index (χ4n) is 3.22. The van der Waals surface area contributed by atoms with Crippen LogP contribution in [0.15, 0.2) is 59.5 Å². The Hall–Kier alpha value is -3.03. The molecule has 3 rings (SSSR count). The van der Waals surface area contributed by atoms with Crippen molar-refractivity contribution in [3.8, 4) is 5.75 Å². The Balaban J connectivity index is 1.69. The molecule has 0 aliphatic rings. The van der Waals surface area contributed by atoms with E-state index in [9.17, 15) is 13.2 Å². The van der Waals surface area contributed by atoms with Crippen molar-refractivity contribution in [2.45, 2.75) is 32.6 Å². The van der Waals surface area contributed by atoms with Crippen LogP contribution >= 0.6 is 11.6 Å². The Morgan fingerprint density at radius 2 is 1.61 bits per heavy atom. The second-order valence-corrected chi connectivity index (χ2v) is 9.86. The minimum absolute atomic E-state index is 0.0302. The monoisotopic (exact) mass is 486 g/mol. The van der Waals surface area contributed by atoms with Gasteiger partial charge in [0.1, 0.15) is 17.3 Å². The van der Waals surface area contributed by atoms with E-state index in [1.165, 1.54) is 18.2 Å². The van der Waals surface area contributed by atoms with E-state index >= 15 is 0 Å². The van der Waals surface area contributed by atoms with Gasteiger partial charge >= 0.3 is 0 Å². The third kappa shape index (κ3) is 5.86. The lowest BCUT2D eigenvalue weighted by Gasteiger charge is -2.14. The van der Waals surface area contributed by atoms with Gasteiger partial charge in [-0.1, -0.05) is 35.9 Å². The minimum atomic E-state index is -4.00. The van der Waals surface area contributed by atoms with Crippen molar-refractivity contribution in [3.63, 3.8) is 0 Å². The highest BCUT2D eigenvalue weighted by Crippen LogP contribution is 2.27. The van der Waals surface area contributed by atoms with E-state index in [1.807, 2.05) is 52.0 Å². The number of hydrogen-bond acceptors (Lipinski definition) is 4. The number of sulfonamides is 1. The Bertz CT molecular complexity index is 1290. The first-order valence-electron chi connectivity index (χ1n) is 10.5. The van der Waals surface area contributed by atoms with Gasteiger partial charge in [-0.3, -0.25) is 9.52 Å². The molecule has 0 radical (unpaired) electrons. The summed E-state index contributed by atoms with van der Waals surface area (Å²) >= 11 is 6.17. The van der Waals surface area contributed by atoms with Crippen LogP contribution in [0.5, 0.6) is 5.75 Å². The zero-order valence-corrected chi connectivity index (χ0v) is 20.6. The second-order valence-electron chi connectivity index (χ2n) is 7.80. The SMILES string of the molecule is Cc1cccc(NS(=O)(=O)c2cc(C(=O)NCCOc3cccc(C)c3C)ccc2Cl)c1C. The number of anilines is 1. The van der Waals surface area contributed by atoms with Crippen LogP contribution in [-0.4, -0.2) is 27.5 Å². The quantitative estimate of drug-likeness (QED) is 0.429. The summed E-state index contributed by atoms with van der Waals surface area (Å²) in [6, 6.07) is 15.3. The Morgan fingerprint density at radius 1 is 0.939 bits per heavy atom. The maximum absolute atomic E-state index is 13.0. The maximum Gasteiger partial charge on any atom is 0.263 e. The molecule has 0 bridgehead atoms. The Kier molecular flexibility index (Phi) is 7.66. The van der Waals surface area contributed by atoms with Gasteiger partial charge in [-0.2, -0.15) is 0 Å². The van der Waals surface area contributed by atoms with E-state index < -0.39 is 15.9 Å².